The SMILES string of the molecule is COC(=O)[C@@H](CC1CNc2ccccc21)NC(C)=O. The summed E-state index contributed by atoms with van der Waals surface area (Å²) in [5.41, 5.74) is 2.28. The normalized spacial score (nSPS) is 18.1. The number of ether oxygens (including phenoxy) is 1. The molecule has 1 aromatic rings. The summed E-state index contributed by atoms with van der Waals surface area (Å²) in [5.74, 6) is -0.429. The number of benzene rings is 1. The number of para-hydroxylation sites is 1. The highest BCUT2D eigenvalue weighted by atomic mass is 16.5. The number of nitrogens with one attached hydrogen (secondary N) is 2. The van der Waals surface area contributed by atoms with Crippen molar-refractivity contribution in [2.24, 2.45) is 0 Å². The Bertz CT molecular complexity index is 487. The number of anilines is 1. The Morgan fingerprint density at radius 3 is 2.89 bits per heavy atom. The van der Waals surface area contributed by atoms with Crippen molar-refractivity contribution < 1.29 is 14.3 Å². The molecule has 1 aliphatic heterocycles. The molecule has 0 saturated heterocycles. The first-order valence-corrected chi connectivity index (χ1v) is 6.29. The smallest absolute Gasteiger partial charge is 0.328 e. The van der Waals surface area contributed by atoms with E-state index >= 15 is 0 Å². The number of hydrogen-bond acceptors (Lipinski definition) is 4. The fourth-order valence-corrected chi connectivity index (χ4v) is 2.45. The van der Waals surface area contributed by atoms with Gasteiger partial charge in [0.2, 0.25) is 5.91 Å². The van der Waals surface area contributed by atoms with Gasteiger partial charge in [0.05, 0.1) is 7.11 Å². The molecule has 0 aliphatic carbocycles. The molecule has 1 aromatic carbocycles. The van der Waals surface area contributed by atoms with Crippen LogP contribution < -0.4 is 10.6 Å². The van der Waals surface area contributed by atoms with Gasteiger partial charge >= 0.3 is 5.97 Å². The molecule has 0 bridgehead atoms. The molecule has 0 aromatic heterocycles. The molecule has 102 valence electrons. The number of rotatable bonds is 4. The summed E-state index contributed by atoms with van der Waals surface area (Å²) in [6.07, 6.45) is 0.538. The van der Waals surface area contributed by atoms with Crippen LogP contribution in [0.15, 0.2) is 24.3 Å². The topological polar surface area (TPSA) is 67.4 Å². The Kier molecular flexibility index (Phi) is 4.04. The van der Waals surface area contributed by atoms with E-state index in [9.17, 15) is 9.59 Å². The summed E-state index contributed by atoms with van der Waals surface area (Å²) >= 11 is 0. The van der Waals surface area contributed by atoms with E-state index in [1.54, 1.807) is 0 Å². The monoisotopic (exact) mass is 262 g/mol. The maximum Gasteiger partial charge on any atom is 0.328 e. The van der Waals surface area contributed by atoms with Crippen LogP contribution in [0.2, 0.25) is 0 Å². The van der Waals surface area contributed by atoms with Crippen molar-refractivity contribution >= 4 is 17.6 Å². The lowest BCUT2D eigenvalue weighted by Crippen LogP contribution is -2.41. The van der Waals surface area contributed by atoms with E-state index in [2.05, 4.69) is 10.6 Å². The van der Waals surface area contributed by atoms with Crippen LogP contribution in [0.4, 0.5) is 5.69 Å². The molecule has 0 radical (unpaired) electrons. The summed E-state index contributed by atoms with van der Waals surface area (Å²) in [6.45, 7) is 2.17. The summed E-state index contributed by atoms with van der Waals surface area (Å²) in [7, 11) is 1.33. The molecule has 1 unspecified atom stereocenters. The van der Waals surface area contributed by atoms with Gasteiger partial charge in [-0.1, -0.05) is 18.2 Å². The lowest BCUT2D eigenvalue weighted by molar-refractivity contribution is -0.145. The second kappa shape index (κ2) is 5.73. The van der Waals surface area contributed by atoms with Crippen molar-refractivity contribution in [3.8, 4) is 0 Å². The van der Waals surface area contributed by atoms with Crippen LogP contribution >= 0.6 is 0 Å². The third-order valence-corrected chi connectivity index (χ3v) is 3.32. The Hall–Kier alpha value is -2.04. The van der Waals surface area contributed by atoms with Gasteiger partial charge in [0.15, 0.2) is 0 Å². The predicted octanol–water partition coefficient (Wildman–Crippen LogP) is 1.26. The van der Waals surface area contributed by atoms with Gasteiger partial charge in [0, 0.05) is 25.1 Å². The second-order valence-electron chi connectivity index (χ2n) is 4.68. The molecule has 0 spiro atoms. The van der Waals surface area contributed by atoms with E-state index < -0.39 is 12.0 Å². The van der Waals surface area contributed by atoms with Crippen LogP contribution in [0.5, 0.6) is 0 Å². The molecule has 19 heavy (non-hydrogen) atoms. The molecule has 5 heteroatoms. The van der Waals surface area contributed by atoms with E-state index in [4.69, 9.17) is 4.74 Å². The van der Waals surface area contributed by atoms with Crippen molar-refractivity contribution in [3.63, 3.8) is 0 Å². The minimum Gasteiger partial charge on any atom is -0.467 e. The lowest BCUT2D eigenvalue weighted by atomic mass is 9.94. The number of fused-ring (bicyclic) bond motifs is 1. The van der Waals surface area contributed by atoms with Gasteiger partial charge < -0.3 is 15.4 Å². The Balaban J connectivity index is 2.10. The first-order chi connectivity index (χ1) is 9.11. The minimum atomic E-state index is -0.597. The van der Waals surface area contributed by atoms with E-state index in [0.29, 0.717) is 6.42 Å². The molecule has 0 saturated carbocycles. The summed E-state index contributed by atoms with van der Waals surface area (Å²) in [6, 6.07) is 7.41. The zero-order chi connectivity index (χ0) is 13.8. The molecule has 0 fully saturated rings. The maximum atomic E-state index is 11.7. The van der Waals surface area contributed by atoms with Crippen LogP contribution in [-0.4, -0.2) is 31.6 Å². The Morgan fingerprint density at radius 2 is 2.21 bits per heavy atom. The second-order valence-corrected chi connectivity index (χ2v) is 4.68. The number of hydrogen-bond donors (Lipinski definition) is 2. The molecule has 2 rings (SSSR count). The van der Waals surface area contributed by atoms with Crippen LogP contribution in [0, 0.1) is 0 Å². The highest BCUT2D eigenvalue weighted by Gasteiger charge is 2.29. The summed E-state index contributed by atoms with van der Waals surface area (Å²) < 4.78 is 4.74. The van der Waals surface area contributed by atoms with Crippen LogP contribution in [0.25, 0.3) is 0 Å². The maximum absolute atomic E-state index is 11.7. The highest BCUT2D eigenvalue weighted by Crippen LogP contribution is 2.34. The predicted molar refractivity (Wildman–Crippen MR) is 71.9 cm³/mol. The van der Waals surface area contributed by atoms with Gasteiger partial charge in [0.25, 0.3) is 0 Å². The van der Waals surface area contributed by atoms with Crippen molar-refractivity contribution in [1.29, 1.82) is 0 Å². The van der Waals surface area contributed by atoms with Crippen molar-refractivity contribution in [3.05, 3.63) is 29.8 Å². The molecule has 1 amide bonds. The van der Waals surface area contributed by atoms with E-state index in [-0.39, 0.29) is 11.8 Å². The first kappa shape index (κ1) is 13.4. The van der Waals surface area contributed by atoms with Crippen molar-refractivity contribution in [2.45, 2.75) is 25.3 Å². The number of carbonyl (C=O) groups excluding carboxylic acids is 2. The lowest BCUT2D eigenvalue weighted by Gasteiger charge is -2.19. The van der Waals surface area contributed by atoms with Gasteiger partial charge in [-0.2, -0.15) is 0 Å². The Morgan fingerprint density at radius 1 is 1.47 bits per heavy atom. The third-order valence-electron chi connectivity index (χ3n) is 3.32. The largest absolute Gasteiger partial charge is 0.467 e. The van der Waals surface area contributed by atoms with E-state index in [0.717, 1.165) is 12.2 Å². The third kappa shape index (κ3) is 3.05. The molecular weight excluding hydrogens is 244 g/mol. The van der Waals surface area contributed by atoms with Gasteiger partial charge in [-0.3, -0.25) is 4.79 Å². The molecule has 2 N–H and O–H groups in total. The summed E-state index contributed by atoms with van der Waals surface area (Å²) in [5, 5.41) is 5.95. The molecule has 1 aliphatic rings. The zero-order valence-electron chi connectivity index (χ0n) is 11.1. The fraction of sp³-hybridized carbons (Fsp3) is 0.429. The van der Waals surface area contributed by atoms with E-state index in [1.807, 2.05) is 24.3 Å². The quantitative estimate of drug-likeness (QED) is 0.802. The average Bonchev–Trinajstić information content (AvgIpc) is 2.80. The number of amides is 1. The van der Waals surface area contributed by atoms with E-state index in [1.165, 1.54) is 19.6 Å². The fourth-order valence-electron chi connectivity index (χ4n) is 2.45. The van der Waals surface area contributed by atoms with Gasteiger partial charge in [-0.25, -0.2) is 4.79 Å². The molecule has 1 heterocycles. The van der Waals surface area contributed by atoms with Crippen LogP contribution in [0.1, 0.15) is 24.8 Å². The van der Waals surface area contributed by atoms with Gasteiger partial charge in [0.1, 0.15) is 6.04 Å². The number of carbonyl (C=O) groups is 2. The Labute approximate surface area is 112 Å². The molecule has 5 nitrogen and oxygen atoms in total. The van der Waals surface area contributed by atoms with Crippen LogP contribution in [0.3, 0.4) is 0 Å². The van der Waals surface area contributed by atoms with Crippen molar-refractivity contribution in [1.82, 2.24) is 5.32 Å². The van der Waals surface area contributed by atoms with Crippen molar-refractivity contribution in [2.75, 3.05) is 19.0 Å². The highest BCUT2D eigenvalue weighted by molar-refractivity contribution is 5.83. The standard InChI is InChI=1S/C14H18N2O3/c1-9(17)16-13(14(18)19-2)7-10-8-15-12-6-4-3-5-11(10)12/h3-6,10,13,15H,7-8H2,1-2H3,(H,16,17)/t10?,13-/m1/s1. The van der Waals surface area contributed by atoms with Gasteiger partial charge in [-0.05, 0) is 18.1 Å². The number of methoxy groups -OCH3 is 1. The van der Waals surface area contributed by atoms with Gasteiger partial charge in [-0.15, -0.1) is 0 Å². The summed E-state index contributed by atoms with van der Waals surface area (Å²) in [4.78, 5) is 22.8. The molecular formula is C14H18N2O3. The van der Waals surface area contributed by atoms with Crippen LogP contribution in [-0.2, 0) is 14.3 Å². The number of esters is 1. The average molecular weight is 262 g/mol. The first-order valence-electron chi connectivity index (χ1n) is 6.29. The minimum absolute atomic E-state index is 0.201. The molecule has 2 atom stereocenters. The zero-order valence-corrected chi connectivity index (χ0v) is 11.1.